The third-order valence-corrected chi connectivity index (χ3v) is 2.38. The summed E-state index contributed by atoms with van der Waals surface area (Å²) in [5, 5.41) is 6.53. The van der Waals surface area contributed by atoms with Crippen molar-refractivity contribution < 1.29 is 17.7 Å². The predicted molar refractivity (Wildman–Crippen MR) is 54.1 cm³/mol. The van der Waals surface area contributed by atoms with E-state index in [1.807, 2.05) is 0 Å². The second-order valence-corrected chi connectivity index (χ2v) is 4.18. The third kappa shape index (κ3) is 5.96. The van der Waals surface area contributed by atoms with Gasteiger partial charge in [-0.25, -0.2) is 0 Å². The van der Waals surface area contributed by atoms with Crippen molar-refractivity contribution in [2.45, 2.75) is 18.9 Å². The summed E-state index contributed by atoms with van der Waals surface area (Å²) in [6.45, 7) is 2.53. The van der Waals surface area contributed by atoms with Crippen molar-refractivity contribution in [1.82, 2.24) is 15.5 Å². The van der Waals surface area contributed by atoms with Crippen LogP contribution in [0.2, 0.25) is 0 Å². The lowest BCUT2D eigenvalue weighted by Crippen LogP contribution is -2.21. The number of aromatic nitrogens is 2. The molecule has 16 heavy (non-hydrogen) atoms. The quantitative estimate of drug-likeness (QED) is 0.785. The van der Waals surface area contributed by atoms with Gasteiger partial charge in [0.25, 0.3) is 0 Å². The van der Waals surface area contributed by atoms with E-state index in [1.54, 1.807) is 6.92 Å². The molecule has 1 rings (SSSR count). The van der Waals surface area contributed by atoms with Crippen LogP contribution >= 0.6 is 11.8 Å². The second kappa shape index (κ2) is 6.09. The number of alkyl halides is 3. The molecule has 0 aromatic carbocycles. The van der Waals surface area contributed by atoms with Crippen molar-refractivity contribution in [1.29, 1.82) is 0 Å². The molecule has 0 aliphatic heterocycles. The van der Waals surface area contributed by atoms with Crippen LogP contribution < -0.4 is 5.32 Å². The van der Waals surface area contributed by atoms with E-state index in [2.05, 4.69) is 15.5 Å². The lowest BCUT2D eigenvalue weighted by Gasteiger charge is -2.05. The Morgan fingerprint density at radius 1 is 1.38 bits per heavy atom. The highest BCUT2D eigenvalue weighted by atomic mass is 32.2. The van der Waals surface area contributed by atoms with Gasteiger partial charge in [0.05, 0.1) is 0 Å². The number of nitrogens with zero attached hydrogens (tertiary/aromatic N) is 2. The first kappa shape index (κ1) is 13.3. The molecule has 0 radical (unpaired) electrons. The van der Waals surface area contributed by atoms with Gasteiger partial charge in [0.15, 0.2) is 5.82 Å². The highest BCUT2D eigenvalue weighted by Gasteiger charge is 2.27. The zero-order valence-corrected chi connectivity index (χ0v) is 9.49. The van der Waals surface area contributed by atoms with Crippen LogP contribution in [-0.4, -0.2) is 34.5 Å². The first-order valence-electron chi connectivity index (χ1n) is 4.68. The predicted octanol–water partition coefficient (Wildman–Crippen LogP) is 1.76. The molecule has 8 heteroatoms. The highest BCUT2D eigenvalue weighted by Crippen LogP contribution is 2.29. The standard InChI is InChI=1S/C8H12F3N3OS/c1-6-13-7(14-15-6)2-3-12-4-5-16-8(9,10)11/h12H,2-5H2,1H3. The molecular weight excluding hydrogens is 243 g/mol. The molecule has 0 aliphatic rings. The van der Waals surface area contributed by atoms with Crippen molar-refractivity contribution >= 4 is 11.8 Å². The van der Waals surface area contributed by atoms with Crippen LogP contribution in [-0.2, 0) is 6.42 Å². The maximum atomic E-state index is 11.7. The SMILES string of the molecule is Cc1nc(CCNCCSC(F)(F)F)no1. The van der Waals surface area contributed by atoms with Crippen LogP contribution in [0.25, 0.3) is 0 Å². The highest BCUT2D eigenvalue weighted by molar-refractivity contribution is 8.00. The molecule has 0 atom stereocenters. The van der Waals surface area contributed by atoms with E-state index >= 15 is 0 Å². The molecule has 1 N–H and O–H groups in total. The van der Waals surface area contributed by atoms with Gasteiger partial charge in [0.1, 0.15) is 0 Å². The summed E-state index contributed by atoms with van der Waals surface area (Å²) in [6.07, 6.45) is 0.550. The summed E-state index contributed by atoms with van der Waals surface area (Å²) in [5.74, 6) is 1.06. The van der Waals surface area contributed by atoms with Crippen LogP contribution in [0.4, 0.5) is 13.2 Å². The molecule has 92 valence electrons. The van der Waals surface area contributed by atoms with Crippen LogP contribution in [0, 0.1) is 6.92 Å². The Hall–Kier alpha value is -0.760. The Balaban J connectivity index is 2.00. The average molecular weight is 255 g/mol. The van der Waals surface area contributed by atoms with Gasteiger partial charge in [0, 0.05) is 32.2 Å². The zero-order valence-electron chi connectivity index (χ0n) is 8.67. The minimum Gasteiger partial charge on any atom is -0.340 e. The first-order chi connectivity index (χ1) is 7.47. The third-order valence-electron chi connectivity index (χ3n) is 1.64. The molecule has 0 amide bonds. The molecular formula is C8H12F3N3OS. The van der Waals surface area contributed by atoms with Gasteiger partial charge in [-0.05, 0) is 11.8 Å². The van der Waals surface area contributed by atoms with E-state index in [9.17, 15) is 13.2 Å². The van der Waals surface area contributed by atoms with Gasteiger partial charge in [-0.3, -0.25) is 0 Å². The molecule has 0 fully saturated rings. The molecule has 0 saturated heterocycles. The number of aryl methyl sites for hydroxylation is 1. The monoisotopic (exact) mass is 255 g/mol. The van der Waals surface area contributed by atoms with E-state index in [1.165, 1.54) is 0 Å². The Morgan fingerprint density at radius 2 is 2.12 bits per heavy atom. The van der Waals surface area contributed by atoms with Crippen molar-refractivity contribution in [2.24, 2.45) is 0 Å². The molecule has 0 spiro atoms. The lowest BCUT2D eigenvalue weighted by atomic mass is 10.4. The van der Waals surface area contributed by atoms with Crippen molar-refractivity contribution in [3.05, 3.63) is 11.7 Å². The Labute approximate surface area is 95.0 Å². The molecule has 1 aromatic rings. The minimum atomic E-state index is -4.15. The molecule has 0 aliphatic carbocycles. The normalized spacial score (nSPS) is 12.0. The summed E-state index contributed by atoms with van der Waals surface area (Å²) >= 11 is -0.0283. The topological polar surface area (TPSA) is 51.0 Å². The van der Waals surface area contributed by atoms with E-state index < -0.39 is 5.51 Å². The van der Waals surface area contributed by atoms with Crippen molar-refractivity contribution in [2.75, 3.05) is 18.8 Å². The van der Waals surface area contributed by atoms with Gasteiger partial charge >= 0.3 is 5.51 Å². The minimum absolute atomic E-state index is 0.00870. The molecule has 4 nitrogen and oxygen atoms in total. The van der Waals surface area contributed by atoms with Crippen LogP contribution in [0.5, 0.6) is 0 Å². The van der Waals surface area contributed by atoms with Gasteiger partial charge in [-0.2, -0.15) is 18.2 Å². The van der Waals surface area contributed by atoms with E-state index in [-0.39, 0.29) is 17.5 Å². The molecule has 0 unspecified atom stereocenters. The second-order valence-electron chi connectivity index (χ2n) is 3.02. The maximum absolute atomic E-state index is 11.7. The molecule has 1 aromatic heterocycles. The van der Waals surface area contributed by atoms with Crippen LogP contribution in [0.15, 0.2) is 4.52 Å². The fourth-order valence-corrected chi connectivity index (χ4v) is 1.48. The van der Waals surface area contributed by atoms with Crippen LogP contribution in [0.1, 0.15) is 11.7 Å². The Morgan fingerprint density at radius 3 is 2.69 bits per heavy atom. The number of thioether (sulfide) groups is 1. The summed E-state index contributed by atoms with van der Waals surface area (Å²) < 4.78 is 40.0. The largest absolute Gasteiger partial charge is 0.441 e. The number of rotatable bonds is 6. The van der Waals surface area contributed by atoms with Gasteiger partial charge in [0.2, 0.25) is 5.89 Å². The Kier molecular flexibility index (Phi) is 5.07. The summed E-state index contributed by atoms with van der Waals surface area (Å²) in [5.41, 5.74) is -4.15. The van der Waals surface area contributed by atoms with Gasteiger partial charge in [-0.1, -0.05) is 5.16 Å². The summed E-state index contributed by atoms with van der Waals surface area (Å²) in [7, 11) is 0. The molecule has 1 heterocycles. The Bertz CT molecular complexity index is 316. The van der Waals surface area contributed by atoms with E-state index in [0.717, 1.165) is 0 Å². The summed E-state index contributed by atoms with van der Waals surface area (Å²) in [6, 6.07) is 0. The molecule has 0 bridgehead atoms. The lowest BCUT2D eigenvalue weighted by molar-refractivity contribution is -0.0327. The number of hydrogen-bond acceptors (Lipinski definition) is 5. The van der Waals surface area contributed by atoms with E-state index in [0.29, 0.717) is 31.2 Å². The fraction of sp³-hybridized carbons (Fsp3) is 0.750. The maximum Gasteiger partial charge on any atom is 0.441 e. The van der Waals surface area contributed by atoms with Crippen molar-refractivity contribution in [3.8, 4) is 0 Å². The van der Waals surface area contributed by atoms with Gasteiger partial charge in [-0.15, -0.1) is 0 Å². The number of hydrogen-bond donors (Lipinski definition) is 1. The number of nitrogens with one attached hydrogen (secondary N) is 1. The van der Waals surface area contributed by atoms with Crippen molar-refractivity contribution in [3.63, 3.8) is 0 Å². The zero-order chi connectivity index (χ0) is 12.0. The van der Waals surface area contributed by atoms with Crippen LogP contribution in [0.3, 0.4) is 0 Å². The smallest absolute Gasteiger partial charge is 0.340 e. The van der Waals surface area contributed by atoms with E-state index in [4.69, 9.17) is 4.52 Å². The average Bonchev–Trinajstić information content (AvgIpc) is 2.56. The summed E-state index contributed by atoms with van der Waals surface area (Å²) in [4.78, 5) is 3.96. The fourth-order valence-electron chi connectivity index (χ4n) is 1.01. The van der Waals surface area contributed by atoms with Gasteiger partial charge < -0.3 is 9.84 Å². The molecule has 0 saturated carbocycles. The number of halogens is 3. The first-order valence-corrected chi connectivity index (χ1v) is 5.66.